The minimum Gasteiger partial charge on any atom is -0.478 e. The Labute approximate surface area is 148 Å². The maximum atomic E-state index is 11.1. The number of carbonyl (C=O) groups is 1. The summed E-state index contributed by atoms with van der Waals surface area (Å²) < 4.78 is 0. The van der Waals surface area contributed by atoms with Crippen LogP contribution in [0.3, 0.4) is 0 Å². The topological polar surface area (TPSA) is 101 Å². The molecule has 7 nitrogen and oxygen atoms in total. The Morgan fingerprint density at radius 3 is 2.80 bits per heavy atom. The zero-order valence-corrected chi connectivity index (χ0v) is 14.5. The molecule has 3 heterocycles. The van der Waals surface area contributed by atoms with Gasteiger partial charge in [-0.05, 0) is 38.0 Å². The smallest absolute Gasteiger partial charge is 0.335 e. The van der Waals surface area contributed by atoms with Gasteiger partial charge in [0, 0.05) is 23.8 Å². The van der Waals surface area contributed by atoms with Gasteiger partial charge in [-0.25, -0.2) is 19.7 Å². The fourth-order valence-corrected chi connectivity index (χ4v) is 3.13. The van der Waals surface area contributed by atoms with E-state index in [4.69, 9.17) is 5.11 Å². The molecule has 8 heteroatoms. The first-order valence-electron chi connectivity index (χ1n) is 7.79. The Hall–Kier alpha value is -2.87. The van der Waals surface area contributed by atoms with Gasteiger partial charge < -0.3 is 10.4 Å². The van der Waals surface area contributed by atoms with Crippen molar-refractivity contribution in [3.05, 3.63) is 52.2 Å². The number of carboxylic acids is 1. The van der Waals surface area contributed by atoms with Crippen molar-refractivity contribution < 1.29 is 9.90 Å². The molecule has 0 bridgehead atoms. The van der Waals surface area contributed by atoms with Crippen molar-refractivity contribution in [2.24, 2.45) is 0 Å². The lowest BCUT2D eigenvalue weighted by Crippen LogP contribution is -2.07. The molecule has 0 atom stereocenters. The molecule has 0 aliphatic heterocycles. The van der Waals surface area contributed by atoms with Crippen LogP contribution in [0.5, 0.6) is 0 Å². The highest BCUT2D eigenvalue weighted by Crippen LogP contribution is 2.17. The van der Waals surface area contributed by atoms with Crippen LogP contribution < -0.4 is 5.32 Å². The summed E-state index contributed by atoms with van der Waals surface area (Å²) in [7, 11) is 0. The summed E-state index contributed by atoms with van der Waals surface area (Å²) in [6, 6.07) is 4.66. The Kier molecular flexibility index (Phi) is 5.30. The zero-order chi connectivity index (χ0) is 17.6. The molecular weight excluding hydrogens is 338 g/mol. The summed E-state index contributed by atoms with van der Waals surface area (Å²) >= 11 is 1.67. The molecule has 0 spiro atoms. The number of rotatable bonds is 7. The molecule has 3 aromatic heterocycles. The number of anilines is 1. The minimum absolute atomic E-state index is 0.179. The second-order valence-corrected chi connectivity index (χ2v) is 6.33. The molecule has 2 N–H and O–H groups in total. The second-order valence-electron chi connectivity index (χ2n) is 5.39. The first-order valence-corrected chi connectivity index (χ1v) is 8.67. The third-order valence-electron chi connectivity index (χ3n) is 3.63. The lowest BCUT2D eigenvalue weighted by atomic mass is 10.2. The minimum atomic E-state index is -0.991. The van der Waals surface area contributed by atoms with Crippen LogP contribution in [0.1, 0.15) is 27.3 Å². The molecule has 3 aromatic rings. The lowest BCUT2D eigenvalue weighted by molar-refractivity contribution is 0.0697. The molecule has 0 saturated carbocycles. The van der Waals surface area contributed by atoms with Crippen LogP contribution in [0.2, 0.25) is 0 Å². The SMILES string of the molecule is Cc1ncsc1CCCNc1nccc(-c2cc(C(=O)O)ccn2)n1. The van der Waals surface area contributed by atoms with Gasteiger partial charge in [-0.1, -0.05) is 0 Å². The molecule has 0 unspecified atom stereocenters. The second kappa shape index (κ2) is 7.80. The van der Waals surface area contributed by atoms with E-state index in [2.05, 4.69) is 25.3 Å². The molecular formula is C17H17N5O2S. The van der Waals surface area contributed by atoms with Gasteiger partial charge in [0.15, 0.2) is 0 Å². The molecule has 0 amide bonds. The average molecular weight is 355 g/mol. The van der Waals surface area contributed by atoms with Crippen LogP contribution in [0, 0.1) is 6.92 Å². The molecule has 3 rings (SSSR count). The molecule has 25 heavy (non-hydrogen) atoms. The van der Waals surface area contributed by atoms with Crippen LogP contribution in [-0.4, -0.2) is 37.6 Å². The maximum absolute atomic E-state index is 11.1. The number of nitrogens with zero attached hydrogens (tertiary/aromatic N) is 4. The number of aromatic carboxylic acids is 1. The van der Waals surface area contributed by atoms with Crippen molar-refractivity contribution >= 4 is 23.3 Å². The number of nitrogens with one attached hydrogen (secondary N) is 1. The first-order chi connectivity index (χ1) is 12.1. The summed E-state index contributed by atoms with van der Waals surface area (Å²) in [6.45, 7) is 2.76. The predicted octanol–water partition coefficient (Wildman–Crippen LogP) is 3.05. The Morgan fingerprint density at radius 1 is 1.20 bits per heavy atom. The maximum Gasteiger partial charge on any atom is 0.335 e. The van der Waals surface area contributed by atoms with Crippen molar-refractivity contribution in [3.63, 3.8) is 0 Å². The van der Waals surface area contributed by atoms with Gasteiger partial charge in [-0.15, -0.1) is 11.3 Å². The van der Waals surface area contributed by atoms with Crippen LogP contribution in [0.15, 0.2) is 36.1 Å². The quantitative estimate of drug-likeness (QED) is 0.628. The molecule has 0 aliphatic carbocycles. The van der Waals surface area contributed by atoms with E-state index in [0.717, 1.165) is 25.1 Å². The first kappa shape index (κ1) is 17.0. The van der Waals surface area contributed by atoms with E-state index < -0.39 is 5.97 Å². The van der Waals surface area contributed by atoms with Crippen molar-refractivity contribution in [2.45, 2.75) is 19.8 Å². The van der Waals surface area contributed by atoms with E-state index in [1.54, 1.807) is 23.6 Å². The van der Waals surface area contributed by atoms with Crippen LogP contribution >= 0.6 is 11.3 Å². The largest absolute Gasteiger partial charge is 0.478 e. The molecule has 128 valence electrons. The van der Waals surface area contributed by atoms with E-state index in [9.17, 15) is 4.79 Å². The van der Waals surface area contributed by atoms with Crippen molar-refractivity contribution in [1.29, 1.82) is 0 Å². The van der Waals surface area contributed by atoms with Gasteiger partial charge in [0.25, 0.3) is 0 Å². The molecule has 0 saturated heterocycles. The normalized spacial score (nSPS) is 10.6. The summed E-state index contributed by atoms with van der Waals surface area (Å²) in [4.78, 5) is 29.4. The summed E-state index contributed by atoms with van der Waals surface area (Å²) in [6.07, 6.45) is 5.01. The fraction of sp³-hybridized carbons (Fsp3) is 0.235. The van der Waals surface area contributed by atoms with Crippen molar-refractivity contribution in [3.8, 4) is 11.4 Å². The monoisotopic (exact) mass is 355 g/mol. The van der Waals surface area contributed by atoms with Gasteiger partial charge in [-0.3, -0.25) is 4.98 Å². The summed E-state index contributed by atoms with van der Waals surface area (Å²) in [5, 5.41) is 12.3. The van der Waals surface area contributed by atoms with Gasteiger partial charge in [0.1, 0.15) is 0 Å². The fourth-order valence-electron chi connectivity index (χ4n) is 2.31. The molecule has 0 radical (unpaired) electrons. The summed E-state index contributed by atoms with van der Waals surface area (Å²) in [5.74, 6) is -0.490. The zero-order valence-electron chi connectivity index (χ0n) is 13.6. The van der Waals surface area contributed by atoms with Crippen LogP contribution in [0.4, 0.5) is 5.95 Å². The van der Waals surface area contributed by atoms with Gasteiger partial charge in [0.05, 0.1) is 28.2 Å². The highest BCUT2D eigenvalue weighted by atomic mass is 32.1. The Balaban J connectivity index is 1.62. The number of hydrogen-bond acceptors (Lipinski definition) is 7. The Bertz CT molecular complexity index is 881. The number of pyridine rings is 1. The van der Waals surface area contributed by atoms with E-state index in [1.165, 1.54) is 23.2 Å². The number of hydrogen-bond donors (Lipinski definition) is 2. The van der Waals surface area contributed by atoms with Crippen LogP contribution in [0.25, 0.3) is 11.4 Å². The van der Waals surface area contributed by atoms with Crippen molar-refractivity contribution in [2.75, 3.05) is 11.9 Å². The molecule has 0 aromatic carbocycles. The third-order valence-corrected chi connectivity index (χ3v) is 4.63. The third kappa shape index (κ3) is 4.36. The highest BCUT2D eigenvalue weighted by Gasteiger charge is 2.08. The average Bonchev–Trinajstić information content (AvgIpc) is 3.04. The summed E-state index contributed by atoms with van der Waals surface area (Å²) in [5.41, 5.74) is 4.22. The van der Waals surface area contributed by atoms with Gasteiger partial charge >= 0.3 is 5.97 Å². The number of carboxylic acid groups (broad SMARTS) is 1. The highest BCUT2D eigenvalue weighted by molar-refractivity contribution is 7.09. The predicted molar refractivity (Wildman–Crippen MR) is 95.9 cm³/mol. The number of aryl methyl sites for hydroxylation is 2. The van der Waals surface area contributed by atoms with Gasteiger partial charge in [-0.2, -0.15) is 0 Å². The van der Waals surface area contributed by atoms with Crippen LogP contribution in [-0.2, 0) is 6.42 Å². The van der Waals surface area contributed by atoms with E-state index >= 15 is 0 Å². The molecule has 0 aliphatic rings. The lowest BCUT2D eigenvalue weighted by Gasteiger charge is -2.06. The molecule has 0 fully saturated rings. The van der Waals surface area contributed by atoms with Gasteiger partial charge in [0.2, 0.25) is 5.95 Å². The Morgan fingerprint density at radius 2 is 2.04 bits per heavy atom. The van der Waals surface area contributed by atoms with E-state index in [-0.39, 0.29) is 5.56 Å². The van der Waals surface area contributed by atoms with E-state index in [0.29, 0.717) is 17.3 Å². The standard InChI is InChI=1S/C17H17N5O2S/c1-11-15(25-10-21-11)3-2-6-19-17-20-8-5-13(22-17)14-9-12(16(23)24)4-7-18-14/h4-5,7-10H,2-3,6H2,1H3,(H,23,24)(H,19,20,22). The number of thiazole rings is 1. The van der Waals surface area contributed by atoms with Crippen molar-refractivity contribution in [1.82, 2.24) is 19.9 Å². The van der Waals surface area contributed by atoms with E-state index in [1.807, 2.05) is 12.4 Å². The number of aromatic nitrogens is 4.